The Morgan fingerprint density at radius 1 is 1.24 bits per heavy atom. The smallest absolute Gasteiger partial charge is 0.315 e. The van der Waals surface area contributed by atoms with Crippen molar-refractivity contribution in [1.29, 1.82) is 0 Å². The molecule has 0 saturated carbocycles. The van der Waals surface area contributed by atoms with E-state index in [1.807, 2.05) is 63.2 Å². The fourth-order valence-corrected chi connectivity index (χ4v) is 2.86. The number of amides is 2. The number of nitrogens with one attached hydrogen (secondary N) is 2. The van der Waals surface area contributed by atoms with Crippen LogP contribution in [0, 0.1) is 6.92 Å². The predicted octanol–water partition coefficient (Wildman–Crippen LogP) is 4.65. The topological polar surface area (TPSA) is 50.4 Å². The van der Waals surface area contributed by atoms with E-state index in [1.54, 1.807) is 0 Å². The Balaban J connectivity index is 1.90. The first-order valence-corrected chi connectivity index (χ1v) is 8.90. The van der Waals surface area contributed by atoms with E-state index in [4.69, 9.17) is 16.3 Å². The molecule has 0 aromatic heterocycles. The van der Waals surface area contributed by atoms with Gasteiger partial charge in [-0.05, 0) is 44.9 Å². The molecule has 25 heavy (non-hydrogen) atoms. The highest BCUT2D eigenvalue weighted by molar-refractivity contribution is 6.31. The number of hydrogen-bond donors (Lipinski definition) is 2. The van der Waals surface area contributed by atoms with Gasteiger partial charge >= 0.3 is 6.03 Å². The summed E-state index contributed by atoms with van der Waals surface area (Å²) >= 11 is 6.12. The number of ether oxygens (including phenoxy) is 1. The third kappa shape index (κ3) is 5.68. The average molecular weight is 361 g/mol. The van der Waals surface area contributed by atoms with Crippen LogP contribution < -0.4 is 15.4 Å². The lowest BCUT2D eigenvalue weighted by Crippen LogP contribution is -2.38. The van der Waals surface area contributed by atoms with Gasteiger partial charge in [0.2, 0.25) is 0 Å². The van der Waals surface area contributed by atoms with Gasteiger partial charge in [-0.2, -0.15) is 0 Å². The first kappa shape index (κ1) is 19.1. The molecule has 1 unspecified atom stereocenters. The lowest BCUT2D eigenvalue weighted by atomic mass is 10.0. The van der Waals surface area contributed by atoms with Gasteiger partial charge in [0.05, 0.1) is 12.6 Å². The molecule has 0 fully saturated rings. The summed E-state index contributed by atoms with van der Waals surface area (Å²) in [6.45, 7) is 7.03. The number of hydrogen-bond acceptors (Lipinski definition) is 2. The van der Waals surface area contributed by atoms with Gasteiger partial charge in [0.1, 0.15) is 5.75 Å². The van der Waals surface area contributed by atoms with Crippen LogP contribution in [-0.2, 0) is 6.42 Å². The molecule has 0 aliphatic carbocycles. The average Bonchev–Trinajstić information content (AvgIpc) is 2.58. The Hall–Kier alpha value is -2.20. The first-order chi connectivity index (χ1) is 12.0. The van der Waals surface area contributed by atoms with Crippen molar-refractivity contribution in [2.75, 3.05) is 13.2 Å². The van der Waals surface area contributed by atoms with Gasteiger partial charge in [0.15, 0.2) is 0 Å². The quantitative estimate of drug-likeness (QED) is 0.755. The minimum atomic E-state index is -0.205. The second-order valence-corrected chi connectivity index (χ2v) is 6.34. The van der Waals surface area contributed by atoms with Crippen molar-refractivity contribution in [3.63, 3.8) is 0 Å². The van der Waals surface area contributed by atoms with E-state index in [0.29, 0.717) is 19.6 Å². The maximum atomic E-state index is 12.2. The van der Waals surface area contributed by atoms with E-state index in [9.17, 15) is 4.79 Å². The number of aryl methyl sites for hydroxylation is 1. The largest absolute Gasteiger partial charge is 0.494 e. The molecular weight excluding hydrogens is 336 g/mol. The van der Waals surface area contributed by atoms with Gasteiger partial charge in [0, 0.05) is 17.1 Å². The van der Waals surface area contributed by atoms with Crippen molar-refractivity contribution in [2.24, 2.45) is 0 Å². The summed E-state index contributed by atoms with van der Waals surface area (Å²) < 4.78 is 5.66. The highest BCUT2D eigenvalue weighted by atomic mass is 35.5. The number of urea groups is 1. The summed E-state index contributed by atoms with van der Waals surface area (Å²) in [5.74, 6) is 0.803. The fourth-order valence-electron chi connectivity index (χ4n) is 2.63. The highest BCUT2D eigenvalue weighted by Gasteiger charge is 2.14. The monoisotopic (exact) mass is 360 g/mol. The number of carbonyl (C=O) groups excluding carboxylic acids is 1. The maximum absolute atomic E-state index is 12.2. The molecule has 0 spiro atoms. The van der Waals surface area contributed by atoms with Gasteiger partial charge in [-0.1, -0.05) is 47.5 Å². The van der Waals surface area contributed by atoms with Crippen LogP contribution in [0.1, 0.15) is 36.6 Å². The second-order valence-electron chi connectivity index (χ2n) is 5.94. The standard InChI is InChI=1S/C20H25ClN2O2/c1-4-25-19-10-9-14(2)13-17(19)15(3)23-20(24)22-12-11-16-7-5-6-8-18(16)21/h5-10,13,15H,4,11-12H2,1-3H3,(H2,22,23,24). The molecule has 2 N–H and O–H groups in total. The van der Waals surface area contributed by atoms with Crippen LogP contribution in [0.3, 0.4) is 0 Å². The van der Waals surface area contributed by atoms with Crippen molar-refractivity contribution in [3.8, 4) is 5.75 Å². The van der Waals surface area contributed by atoms with Crippen molar-refractivity contribution in [2.45, 2.75) is 33.2 Å². The molecule has 0 bridgehead atoms. The number of benzene rings is 2. The zero-order valence-electron chi connectivity index (χ0n) is 14.9. The molecule has 5 heteroatoms. The third-order valence-corrected chi connectivity index (χ3v) is 4.29. The number of halogens is 1. The molecule has 134 valence electrons. The first-order valence-electron chi connectivity index (χ1n) is 8.52. The van der Waals surface area contributed by atoms with Gasteiger partial charge in [-0.25, -0.2) is 4.79 Å². The normalized spacial score (nSPS) is 11.7. The summed E-state index contributed by atoms with van der Waals surface area (Å²) in [4.78, 5) is 12.2. The lowest BCUT2D eigenvalue weighted by Gasteiger charge is -2.19. The minimum Gasteiger partial charge on any atom is -0.494 e. The molecule has 1 atom stereocenters. The molecule has 2 aromatic rings. The van der Waals surface area contributed by atoms with Gasteiger partial charge in [0.25, 0.3) is 0 Å². The summed E-state index contributed by atoms with van der Waals surface area (Å²) in [5.41, 5.74) is 3.13. The highest BCUT2D eigenvalue weighted by Crippen LogP contribution is 2.26. The molecular formula is C20H25ClN2O2. The van der Waals surface area contributed by atoms with Crippen LogP contribution in [0.5, 0.6) is 5.75 Å². The molecule has 4 nitrogen and oxygen atoms in total. The summed E-state index contributed by atoms with van der Waals surface area (Å²) in [7, 11) is 0. The summed E-state index contributed by atoms with van der Waals surface area (Å²) in [6, 6.07) is 13.3. The van der Waals surface area contributed by atoms with Crippen LogP contribution >= 0.6 is 11.6 Å². The minimum absolute atomic E-state index is 0.151. The second kappa shape index (κ2) is 9.33. The van der Waals surface area contributed by atoms with Gasteiger partial charge in [-0.3, -0.25) is 0 Å². The lowest BCUT2D eigenvalue weighted by molar-refractivity contribution is 0.237. The maximum Gasteiger partial charge on any atom is 0.315 e. The van der Waals surface area contributed by atoms with Gasteiger partial charge in [-0.15, -0.1) is 0 Å². The zero-order valence-corrected chi connectivity index (χ0v) is 15.7. The Morgan fingerprint density at radius 3 is 2.72 bits per heavy atom. The van der Waals surface area contributed by atoms with Crippen LogP contribution in [-0.4, -0.2) is 19.2 Å². The molecule has 0 aliphatic heterocycles. The van der Waals surface area contributed by atoms with Gasteiger partial charge < -0.3 is 15.4 Å². The van der Waals surface area contributed by atoms with E-state index >= 15 is 0 Å². The Kier molecular flexibility index (Phi) is 7.14. The zero-order chi connectivity index (χ0) is 18.2. The van der Waals surface area contributed by atoms with Crippen LogP contribution in [0.25, 0.3) is 0 Å². The fraction of sp³-hybridized carbons (Fsp3) is 0.350. The van der Waals surface area contributed by atoms with E-state index in [0.717, 1.165) is 27.5 Å². The van der Waals surface area contributed by atoms with E-state index < -0.39 is 0 Å². The summed E-state index contributed by atoms with van der Waals surface area (Å²) in [5, 5.41) is 6.56. The SMILES string of the molecule is CCOc1ccc(C)cc1C(C)NC(=O)NCCc1ccccc1Cl. The van der Waals surface area contributed by atoms with Crippen LogP contribution in [0.15, 0.2) is 42.5 Å². The van der Waals surface area contributed by atoms with Crippen LogP contribution in [0.2, 0.25) is 5.02 Å². The van der Waals surface area contributed by atoms with Crippen molar-refractivity contribution in [1.82, 2.24) is 10.6 Å². The molecule has 0 heterocycles. The Bertz CT molecular complexity index is 719. The van der Waals surface area contributed by atoms with E-state index in [2.05, 4.69) is 10.6 Å². The predicted molar refractivity (Wildman–Crippen MR) is 102 cm³/mol. The van der Waals surface area contributed by atoms with Crippen molar-refractivity contribution < 1.29 is 9.53 Å². The summed E-state index contributed by atoms with van der Waals surface area (Å²) in [6.07, 6.45) is 0.691. The molecule has 2 amide bonds. The van der Waals surface area contributed by atoms with Crippen LogP contribution in [0.4, 0.5) is 4.79 Å². The van der Waals surface area contributed by atoms with E-state index in [1.165, 1.54) is 0 Å². The van der Waals surface area contributed by atoms with E-state index in [-0.39, 0.29) is 12.1 Å². The molecule has 0 saturated heterocycles. The molecule has 0 aliphatic rings. The molecule has 0 radical (unpaired) electrons. The Morgan fingerprint density at radius 2 is 2.00 bits per heavy atom. The van der Waals surface area contributed by atoms with Crippen molar-refractivity contribution >= 4 is 17.6 Å². The Labute approximate surface area is 154 Å². The van der Waals surface area contributed by atoms with Crippen molar-refractivity contribution in [3.05, 3.63) is 64.2 Å². The number of carbonyl (C=O) groups is 1. The third-order valence-electron chi connectivity index (χ3n) is 3.92. The molecule has 2 aromatic carbocycles. The molecule has 2 rings (SSSR count). The number of rotatable bonds is 7.